The van der Waals surface area contributed by atoms with Crippen molar-refractivity contribution in [2.24, 2.45) is 0 Å². The van der Waals surface area contributed by atoms with Crippen molar-refractivity contribution in [1.29, 1.82) is 0 Å². The average molecular weight is 621 g/mol. The van der Waals surface area contributed by atoms with E-state index in [0.29, 0.717) is 12.3 Å². The van der Waals surface area contributed by atoms with Gasteiger partial charge in [-0.05, 0) is 79.6 Å². The maximum Gasteiger partial charge on any atom is 0.264 e. The zero-order valence-corrected chi connectivity index (χ0v) is 24.3. The summed E-state index contributed by atoms with van der Waals surface area (Å²) in [6.45, 7) is 3.41. The van der Waals surface area contributed by atoms with E-state index in [4.69, 9.17) is 4.74 Å². The average Bonchev–Trinajstić information content (AvgIpc) is 2.93. The van der Waals surface area contributed by atoms with Crippen LogP contribution in [-0.4, -0.2) is 51.4 Å². The first kappa shape index (κ1) is 30.1. The van der Waals surface area contributed by atoms with Crippen LogP contribution in [0.25, 0.3) is 0 Å². The highest BCUT2D eigenvalue weighted by Crippen LogP contribution is 2.26. The summed E-state index contributed by atoms with van der Waals surface area (Å²) in [5.74, 6) is -1.04. The van der Waals surface area contributed by atoms with Crippen LogP contribution < -0.4 is 14.4 Å². The zero-order valence-electron chi connectivity index (χ0n) is 21.9. The SMILES string of the molecule is CCCNC(=O)[C@H](C)N(Cc1cccc(Br)c1)C(=O)CN(c1ccc(F)cc1)S(=O)(=O)c1ccc(OC)cc1. The third kappa shape index (κ3) is 7.79. The van der Waals surface area contributed by atoms with Gasteiger partial charge in [-0.3, -0.25) is 13.9 Å². The molecule has 8 nitrogen and oxygen atoms in total. The Hall–Kier alpha value is -3.44. The lowest BCUT2D eigenvalue weighted by Gasteiger charge is -2.32. The molecule has 0 spiro atoms. The van der Waals surface area contributed by atoms with Crippen LogP contribution in [0.3, 0.4) is 0 Å². The summed E-state index contributed by atoms with van der Waals surface area (Å²) in [6.07, 6.45) is 0.719. The van der Waals surface area contributed by atoms with Crippen LogP contribution in [-0.2, 0) is 26.2 Å². The second-order valence-electron chi connectivity index (χ2n) is 8.78. The molecule has 0 aliphatic heterocycles. The van der Waals surface area contributed by atoms with Crippen LogP contribution in [0.15, 0.2) is 82.2 Å². The van der Waals surface area contributed by atoms with Gasteiger partial charge in [0.15, 0.2) is 0 Å². The lowest BCUT2D eigenvalue weighted by Crippen LogP contribution is -2.51. The van der Waals surface area contributed by atoms with Gasteiger partial charge in [0.25, 0.3) is 10.0 Å². The molecule has 0 saturated carbocycles. The molecule has 0 fully saturated rings. The second-order valence-corrected chi connectivity index (χ2v) is 11.6. The number of ether oxygens (including phenoxy) is 1. The predicted molar refractivity (Wildman–Crippen MR) is 151 cm³/mol. The molecule has 3 rings (SSSR count). The third-order valence-electron chi connectivity index (χ3n) is 6.00. The van der Waals surface area contributed by atoms with Gasteiger partial charge < -0.3 is 15.0 Å². The van der Waals surface area contributed by atoms with Crippen molar-refractivity contribution < 1.29 is 27.1 Å². The quantitative estimate of drug-likeness (QED) is 0.316. The monoisotopic (exact) mass is 619 g/mol. The Balaban J connectivity index is 2.01. The van der Waals surface area contributed by atoms with Crippen LogP contribution in [0.2, 0.25) is 0 Å². The Morgan fingerprint density at radius 2 is 1.72 bits per heavy atom. The summed E-state index contributed by atoms with van der Waals surface area (Å²) < 4.78 is 48.1. The van der Waals surface area contributed by atoms with Gasteiger partial charge in [-0.1, -0.05) is 35.0 Å². The van der Waals surface area contributed by atoms with Gasteiger partial charge in [-0.2, -0.15) is 0 Å². The van der Waals surface area contributed by atoms with E-state index in [1.807, 2.05) is 31.2 Å². The Bertz CT molecular complexity index is 1390. The Morgan fingerprint density at radius 1 is 1.05 bits per heavy atom. The summed E-state index contributed by atoms with van der Waals surface area (Å²) in [6, 6.07) is 17.0. The number of benzene rings is 3. The lowest BCUT2D eigenvalue weighted by atomic mass is 10.1. The summed E-state index contributed by atoms with van der Waals surface area (Å²) in [4.78, 5) is 28.0. The van der Waals surface area contributed by atoms with Crippen molar-refractivity contribution in [2.75, 3.05) is 24.5 Å². The van der Waals surface area contributed by atoms with Gasteiger partial charge >= 0.3 is 0 Å². The van der Waals surface area contributed by atoms with Gasteiger partial charge in [0.1, 0.15) is 24.2 Å². The van der Waals surface area contributed by atoms with E-state index >= 15 is 0 Å². The van der Waals surface area contributed by atoms with Crippen molar-refractivity contribution in [1.82, 2.24) is 10.2 Å². The third-order valence-corrected chi connectivity index (χ3v) is 8.28. The van der Waals surface area contributed by atoms with Gasteiger partial charge in [-0.25, -0.2) is 12.8 Å². The summed E-state index contributed by atoms with van der Waals surface area (Å²) >= 11 is 3.42. The Labute approximate surface area is 236 Å². The van der Waals surface area contributed by atoms with E-state index in [1.54, 1.807) is 6.92 Å². The van der Waals surface area contributed by atoms with Crippen molar-refractivity contribution in [3.05, 3.63) is 88.6 Å². The molecule has 2 amide bonds. The number of hydrogen-bond donors (Lipinski definition) is 1. The van der Waals surface area contributed by atoms with E-state index in [-0.39, 0.29) is 23.0 Å². The molecule has 0 aromatic heterocycles. The van der Waals surface area contributed by atoms with Gasteiger partial charge in [0.05, 0.1) is 17.7 Å². The van der Waals surface area contributed by atoms with Crippen molar-refractivity contribution in [3.63, 3.8) is 0 Å². The number of methoxy groups -OCH3 is 1. The lowest BCUT2D eigenvalue weighted by molar-refractivity contribution is -0.139. The van der Waals surface area contributed by atoms with Crippen molar-refractivity contribution >= 4 is 43.5 Å². The highest BCUT2D eigenvalue weighted by Gasteiger charge is 2.32. The van der Waals surface area contributed by atoms with E-state index in [9.17, 15) is 22.4 Å². The number of anilines is 1. The van der Waals surface area contributed by atoms with Crippen LogP contribution >= 0.6 is 15.9 Å². The van der Waals surface area contributed by atoms with E-state index < -0.39 is 34.3 Å². The summed E-state index contributed by atoms with van der Waals surface area (Å²) in [7, 11) is -2.80. The minimum atomic E-state index is -4.26. The van der Waals surface area contributed by atoms with E-state index in [2.05, 4.69) is 21.2 Å². The molecule has 39 heavy (non-hydrogen) atoms. The highest BCUT2D eigenvalue weighted by molar-refractivity contribution is 9.10. The van der Waals surface area contributed by atoms with E-state index in [1.165, 1.54) is 48.4 Å². The molecule has 0 radical (unpaired) electrons. The smallest absolute Gasteiger partial charge is 0.264 e. The summed E-state index contributed by atoms with van der Waals surface area (Å²) in [5, 5.41) is 2.80. The normalized spacial score (nSPS) is 11.9. The molecular weight excluding hydrogens is 589 g/mol. The molecule has 0 aliphatic carbocycles. The molecule has 3 aromatic rings. The van der Waals surface area contributed by atoms with Crippen LogP contribution in [0.5, 0.6) is 5.75 Å². The van der Waals surface area contributed by atoms with Crippen LogP contribution in [0.1, 0.15) is 25.8 Å². The first-order chi connectivity index (χ1) is 18.6. The van der Waals surface area contributed by atoms with Gasteiger partial charge in [-0.15, -0.1) is 0 Å². The number of rotatable bonds is 12. The van der Waals surface area contributed by atoms with Crippen molar-refractivity contribution in [2.45, 2.75) is 37.8 Å². The molecule has 0 saturated heterocycles. The fourth-order valence-electron chi connectivity index (χ4n) is 3.82. The minimum absolute atomic E-state index is 0.0683. The fraction of sp³-hybridized carbons (Fsp3) is 0.286. The van der Waals surface area contributed by atoms with Crippen molar-refractivity contribution in [3.8, 4) is 5.75 Å². The predicted octanol–water partition coefficient (Wildman–Crippen LogP) is 4.74. The number of hydrogen-bond acceptors (Lipinski definition) is 5. The molecule has 208 valence electrons. The Morgan fingerprint density at radius 3 is 2.31 bits per heavy atom. The molecule has 0 aliphatic rings. The van der Waals surface area contributed by atoms with E-state index in [0.717, 1.165) is 32.9 Å². The molecule has 11 heteroatoms. The molecule has 1 atom stereocenters. The first-order valence-electron chi connectivity index (χ1n) is 12.3. The number of halogens is 2. The number of carbonyl (C=O) groups is 2. The maximum absolute atomic E-state index is 13.8. The van der Waals surface area contributed by atoms with Crippen LogP contribution in [0.4, 0.5) is 10.1 Å². The molecular formula is C28H31BrFN3O5S. The maximum atomic E-state index is 13.8. The molecule has 3 aromatic carbocycles. The second kappa shape index (κ2) is 13.6. The number of amides is 2. The minimum Gasteiger partial charge on any atom is -0.497 e. The number of nitrogens with one attached hydrogen (secondary N) is 1. The number of sulfonamides is 1. The fourth-order valence-corrected chi connectivity index (χ4v) is 5.68. The van der Waals surface area contributed by atoms with Gasteiger partial charge in [0, 0.05) is 17.6 Å². The van der Waals surface area contributed by atoms with Crippen LogP contribution in [0, 0.1) is 5.82 Å². The molecule has 0 heterocycles. The standard InChI is InChI=1S/C28H31BrFN3O5S/c1-4-16-31-28(35)20(2)32(18-21-6-5-7-22(29)17-21)27(34)19-33(24-10-8-23(30)9-11-24)39(36,37)26-14-12-25(38-3)13-15-26/h5-15,17,20H,4,16,18-19H2,1-3H3,(H,31,35)/t20-/m0/s1. The molecule has 0 bridgehead atoms. The Kier molecular flexibility index (Phi) is 10.5. The number of nitrogens with zero attached hydrogens (tertiary/aromatic N) is 2. The highest BCUT2D eigenvalue weighted by atomic mass is 79.9. The van der Waals surface area contributed by atoms with Gasteiger partial charge in [0.2, 0.25) is 11.8 Å². The molecule has 1 N–H and O–H groups in total. The largest absolute Gasteiger partial charge is 0.497 e. The topological polar surface area (TPSA) is 96.0 Å². The molecule has 0 unspecified atom stereocenters. The number of carbonyl (C=O) groups excluding carboxylic acids is 2. The zero-order chi connectivity index (χ0) is 28.6. The first-order valence-corrected chi connectivity index (χ1v) is 14.5. The summed E-state index contributed by atoms with van der Waals surface area (Å²) in [5.41, 5.74) is 0.852.